The summed E-state index contributed by atoms with van der Waals surface area (Å²) in [6.07, 6.45) is -3.25. The van der Waals surface area contributed by atoms with Crippen molar-refractivity contribution in [3.63, 3.8) is 0 Å². The summed E-state index contributed by atoms with van der Waals surface area (Å²) in [6.45, 7) is 3.95. The third-order valence-corrected chi connectivity index (χ3v) is 3.64. The average molecular weight is 300 g/mol. The van der Waals surface area contributed by atoms with Gasteiger partial charge in [0.15, 0.2) is 11.3 Å². The Labute approximate surface area is 119 Å². The van der Waals surface area contributed by atoms with Gasteiger partial charge in [-0.1, -0.05) is 0 Å². The number of hydrogen-bond donors (Lipinski definition) is 1. The van der Waals surface area contributed by atoms with Gasteiger partial charge in [-0.25, -0.2) is 14.6 Å². The average Bonchev–Trinajstić information content (AvgIpc) is 2.77. The Bertz CT molecular complexity index is 665. The second-order valence-corrected chi connectivity index (χ2v) is 5.11. The quantitative estimate of drug-likeness (QED) is 0.857. The van der Waals surface area contributed by atoms with Crippen LogP contribution in [-0.2, 0) is 13.2 Å². The molecule has 3 heterocycles. The predicted molar refractivity (Wildman–Crippen MR) is 71.0 cm³/mol. The predicted octanol–water partition coefficient (Wildman–Crippen LogP) is 1.18. The number of nitrogens with one attached hydrogen (secondary N) is 1. The summed E-state index contributed by atoms with van der Waals surface area (Å²) >= 11 is 0. The number of aromatic nitrogens is 4. The molecule has 0 amide bonds. The van der Waals surface area contributed by atoms with Gasteiger partial charge < -0.3 is 10.2 Å². The highest BCUT2D eigenvalue weighted by Crippen LogP contribution is 2.37. The molecule has 2 aromatic rings. The van der Waals surface area contributed by atoms with E-state index in [4.69, 9.17) is 0 Å². The highest BCUT2D eigenvalue weighted by Gasteiger charge is 2.39. The van der Waals surface area contributed by atoms with Crippen LogP contribution in [0.3, 0.4) is 0 Å². The van der Waals surface area contributed by atoms with E-state index < -0.39 is 11.9 Å². The van der Waals surface area contributed by atoms with Crippen LogP contribution in [0.1, 0.15) is 12.6 Å². The molecule has 0 bridgehead atoms. The van der Waals surface area contributed by atoms with Crippen molar-refractivity contribution in [2.45, 2.75) is 19.1 Å². The highest BCUT2D eigenvalue weighted by molar-refractivity contribution is 5.90. The van der Waals surface area contributed by atoms with E-state index in [0.29, 0.717) is 25.5 Å². The fourth-order valence-electron chi connectivity index (χ4n) is 2.64. The SMILES string of the molecule is C[C@H]1CNCCN1c1ncnc2c1c(C(F)(F)F)nn2C. The first-order chi connectivity index (χ1) is 9.89. The van der Waals surface area contributed by atoms with Crippen molar-refractivity contribution in [1.82, 2.24) is 25.1 Å². The Morgan fingerprint density at radius 2 is 2.10 bits per heavy atom. The molecule has 0 radical (unpaired) electrons. The summed E-state index contributed by atoms with van der Waals surface area (Å²) in [5, 5.41) is 6.77. The van der Waals surface area contributed by atoms with E-state index in [0.717, 1.165) is 4.68 Å². The van der Waals surface area contributed by atoms with Crippen molar-refractivity contribution < 1.29 is 13.2 Å². The number of hydrogen-bond acceptors (Lipinski definition) is 5. The number of rotatable bonds is 1. The highest BCUT2D eigenvalue weighted by atomic mass is 19.4. The number of piperazine rings is 1. The summed E-state index contributed by atoms with van der Waals surface area (Å²) in [4.78, 5) is 9.92. The molecule has 0 unspecified atom stereocenters. The first-order valence-electron chi connectivity index (χ1n) is 6.62. The third kappa shape index (κ3) is 2.31. The van der Waals surface area contributed by atoms with E-state index in [2.05, 4.69) is 20.4 Å². The molecule has 1 N–H and O–H groups in total. The lowest BCUT2D eigenvalue weighted by Gasteiger charge is -2.35. The maximum Gasteiger partial charge on any atom is 0.435 e. The lowest BCUT2D eigenvalue weighted by atomic mass is 10.2. The van der Waals surface area contributed by atoms with E-state index in [1.807, 2.05) is 11.8 Å². The van der Waals surface area contributed by atoms with Gasteiger partial charge in [0.25, 0.3) is 0 Å². The van der Waals surface area contributed by atoms with Gasteiger partial charge >= 0.3 is 6.18 Å². The zero-order valence-corrected chi connectivity index (χ0v) is 11.6. The van der Waals surface area contributed by atoms with Crippen LogP contribution >= 0.6 is 0 Å². The van der Waals surface area contributed by atoms with E-state index in [1.54, 1.807) is 0 Å². The van der Waals surface area contributed by atoms with Crippen LogP contribution in [0.25, 0.3) is 11.0 Å². The molecule has 1 atom stereocenters. The van der Waals surface area contributed by atoms with Crippen molar-refractivity contribution in [3.8, 4) is 0 Å². The van der Waals surface area contributed by atoms with E-state index in [9.17, 15) is 13.2 Å². The second kappa shape index (κ2) is 4.83. The monoisotopic (exact) mass is 300 g/mol. The Morgan fingerprint density at radius 3 is 2.76 bits per heavy atom. The molecule has 0 spiro atoms. The zero-order chi connectivity index (χ0) is 15.2. The molecule has 0 saturated carbocycles. The van der Waals surface area contributed by atoms with Crippen molar-refractivity contribution >= 4 is 16.9 Å². The number of aryl methyl sites for hydroxylation is 1. The van der Waals surface area contributed by atoms with Crippen molar-refractivity contribution in [3.05, 3.63) is 12.0 Å². The summed E-state index contributed by atoms with van der Waals surface area (Å²) in [5.74, 6) is 0.300. The fraction of sp³-hybridized carbons (Fsp3) is 0.583. The van der Waals surface area contributed by atoms with E-state index in [-0.39, 0.29) is 17.1 Å². The minimum absolute atomic E-state index is 0.0266. The van der Waals surface area contributed by atoms with Crippen molar-refractivity contribution in [2.75, 3.05) is 24.5 Å². The van der Waals surface area contributed by atoms with Gasteiger partial charge in [0, 0.05) is 32.7 Å². The van der Waals surface area contributed by atoms with E-state index in [1.165, 1.54) is 13.4 Å². The van der Waals surface area contributed by atoms with Crippen LogP contribution < -0.4 is 10.2 Å². The summed E-state index contributed by atoms with van der Waals surface area (Å²) in [6, 6.07) is 0.0538. The Morgan fingerprint density at radius 1 is 1.33 bits per heavy atom. The Balaban J connectivity index is 2.23. The van der Waals surface area contributed by atoms with Crippen LogP contribution in [0, 0.1) is 0 Å². The molecule has 1 aliphatic rings. The number of anilines is 1. The lowest BCUT2D eigenvalue weighted by Crippen LogP contribution is -2.50. The largest absolute Gasteiger partial charge is 0.435 e. The zero-order valence-electron chi connectivity index (χ0n) is 11.6. The molecule has 6 nitrogen and oxygen atoms in total. The van der Waals surface area contributed by atoms with Gasteiger partial charge in [-0.05, 0) is 6.92 Å². The van der Waals surface area contributed by atoms with Crippen LogP contribution in [0.15, 0.2) is 6.33 Å². The van der Waals surface area contributed by atoms with Crippen molar-refractivity contribution in [2.24, 2.45) is 7.05 Å². The number of nitrogens with zero attached hydrogens (tertiary/aromatic N) is 5. The second-order valence-electron chi connectivity index (χ2n) is 5.11. The molecule has 0 aliphatic carbocycles. The maximum atomic E-state index is 13.2. The molecule has 1 aliphatic heterocycles. The molecule has 3 rings (SSSR count). The van der Waals surface area contributed by atoms with Gasteiger partial charge in [-0.15, -0.1) is 0 Å². The molecule has 114 valence electrons. The van der Waals surface area contributed by atoms with E-state index >= 15 is 0 Å². The summed E-state index contributed by atoms with van der Waals surface area (Å²) < 4.78 is 40.8. The minimum atomic E-state index is -4.53. The van der Waals surface area contributed by atoms with Gasteiger partial charge in [0.1, 0.15) is 12.1 Å². The van der Waals surface area contributed by atoms with Crippen LogP contribution in [0.2, 0.25) is 0 Å². The first kappa shape index (κ1) is 14.1. The normalized spacial score (nSPS) is 20.2. The van der Waals surface area contributed by atoms with Crippen LogP contribution in [0.4, 0.5) is 19.0 Å². The first-order valence-corrected chi connectivity index (χ1v) is 6.62. The Kier molecular flexibility index (Phi) is 3.23. The van der Waals surface area contributed by atoms with Crippen LogP contribution in [0.5, 0.6) is 0 Å². The van der Waals surface area contributed by atoms with Gasteiger partial charge in [-0.2, -0.15) is 18.3 Å². The molecule has 1 fully saturated rings. The molecular weight excluding hydrogens is 285 g/mol. The molecule has 9 heteroatoms. The Hall–Kier alpha value is -1.90. The number of fused-ring (bicyclic) bond motifs is 1. The van der Waals surface area contributed by atoms with Crippen LogP contribution in [-0.4, -0.2) is 45.4 Å². The maximum absolute atomic E-state index is 13.2. The number of halogens is 3. The topological polar surface area (TPSA) is 58.9 Å². The molecule has 2 aromatic heterocycles. The molecule has 1 saturated heterocycles. The minimum Gasteiger partial charge on any atom is -0.351 e. The molecule has 21 heavy (non-hydrogen) atoms. The summed E-state index contributed by atoms with van der Waals surface area (Å²) in [7, 11) is 1.45. The van der Waals surface area contributed by atoms with Gasteiger partial charge in [0.05, 0.1) is 5.39 Å². The fourth-order valence-corrected chi connectivity index (χ4v) is 2.64. The van der Waals surface area contributed by atoms with Gasteiger partial charge in [0.2, 0.25) is 0 Å². The summed E-state index contributed by atoms with van der Waals surface area (Å²) in [5.41, 5.74) is -0.737. The van der Waals surface area contributed by atoms with Crippen molar-refractivity contribution in [1.29, 1.82) is 0 Å². The smallest absolute Gasteiger partial charge is 0.351 e. The molecule has 0 aromatic carbocycles. The standard InChI is InChI=1S/C12H15F3N6/c1-7-5-16-3-4-21(7)11-8-9(12(13,14)15)19-20(2)10(8)17-6-18-11/h6-7,16H,3-5H2,1-2H3/t7-/m0/s1. The number of alkyl halides is 3. The third-order valence-electron chi connectivity index (χ3n) is 3.64. The lowest BCUT2D eigenvalue weighted by molar-refractivity contribution is -0.140. The molecular formula is C12H15F3N6. The van der Waals surface area contributed by atoms with Gasteiger partial charge in [-0.3, -0.25) is 0 Å².